The van der Waals surface area contributed by atoms with Crippen LogP contribution in [0.4, 0.5) is 15.8 Å². The number of carbonyl (C=O) groups is 2. The molecule has 236 valence electrons. The van der Waals surface area contributed by atoms with Gasteiger partial charge in [0, 0.05) is 23.7 Å². The number of nitro benzene ring substituents is 1. The molecule has 0 saturated carbocycles. The van der Waals surface area contributed by atoms with Gasteiger partial charge in [-0.1, -0.05) is 25.1 Å². The minimum Gasteiger partial charge on any atom is -0.497 e. The van der Waals surface area contributed by atoms with Crippen LogP contribution in [-0.2, 0) is 26.2 Å². The molecule has 2 amide bonds. The first kappa shape index (κ1) is 34.0. The van der Waals surface area contributed by atoms with E-state index >= 15 is 0 Å². The molecule has 0 bridgehead atoms. The lowest BCUT2D eigenvalue weighted by atomic mass is 10.1. The Morgan fingerprint density at radius 3 is 2.18 bits per heavy atom. The van der Waals surface area contributed by atoms with Crippen LogP contribution in [0.15, 0.2) is 71.6 Å². The number of anilines is 1. The Bertz CT molecular complexity index is 1610. The normalized spacial score (nSPS) is 12.2. The molecule has 0 radical (unpaired) electrons. The molecule has 44 heavy (non-hydrogen) atoms. The van der Waals surface area contributed by atoms with Crippen LogP contribution in [0.3, 0.4) is 0 Å². The number of hydrogen-bond acceptors (Lipinski definition) is 7. The number of benzene rings is 3. The van der Waals surface area contributed by atoms with Crippen molar-refractivity contribution in [3.8, 4) is 5.75 Å². The summed E-state index contributed by atoms with van der Waals surface area (Å²) in [7, 11) is -3.10. The SMILES string of the molecule is CCC(C(=O)NC(C)(C)C)N(Cc1ccc(F)cc1)C(=O)CN(c1ccc(OC)cc1)S(=O)(=O)c1ccc(C)c([N+](=O)[O-])c1. The van der Waals surface area contributed by atoms with Crippen molar-refractivity contribution in [1.82, 2.24) is 10.2 Å². The predicted molar refractivity (Wildman–Crippen MR) is 164 cm³/mol. The zero-order valence-electron chi connectivity index (χ0n) is 25.5. The topological polar surface area (TPSA) is 139 Å². The number of rotatable bonds is 12. The van der Waals surface area contributed by atoms with E-state index in [1.165, 1.54) is 79.6 Å². The number of methoxy groups -OCH3 is 1. The summed E-state index contributed by atoms with van der Waals surface area (Å²) in [5, 5.41) is 14.5. The van der Waals surface area contributed by atoms with Gasteiger partial charge in [-0.15, -0.1) is 0 Å². The zero-order chi connectivity index (χ0) is 32.8. The lowest BCUT2D eigenvalue weighted by Gasteiger charge is -2.34. The lowest BCUT2D eigenvalue weighted by Crippen LogP contribution is -2.55. The van der Waals surface area contributed by atoms with Gasteiger partial charge in [0.2, 0.25) is 11.8 Å². The number of hydrogen-bond donors (Lipinski definition) is 1. The standard InChI is InChI=1S/C31H37FN4O7S/c1-7-27(30(38)33-31(3,4)5)34(19-22-9-11-23(32)12-10-22)29(37)20-35(24-13-15-25(43-6)16-14-24)44(41,42)26-17-8-21(2)28(18-26)36(39)40/h8-18,27H,7,19-20H2,1-6H3,(H,33,38). The molecule has 0 spiro atoms. The molecule has 1 atom stereocenters. The molecule has 1 N–H and O–H groups in total. The van der Waals surface area contributed by atoms with E-state index < -0.39 is 56.4 Å². The van der Waals surface area contributed by atoms with E-state index in [9.17, 15) is 32.5 Å². The fourth-order valence-corrected chi connectivity index (χ4v) is 5.94. The van der Waals surface area contributed by atoms with E-state index in [4.69, 9.17) is 4.74 Å². The molecule has 3 aromatic rings. The Hall–Kier alpha value is -4.52. The number of nitrogens with one attached hydrogen (secondary N) is 1. The molecule has 0 aliphatic heterocycles. The van der Waals surface area contributed by atoms with Crippen molar-refractivity contribution in [2.45, 2.75) is 64.1 Å². The highest BCUT2D eigenvalue weighted by Gasteiger charge is 2.35. The van der Waals surface area contributed by atoms with Gasteiger partial charge >= 0.3 is 0 Å². The van der Waals surface area contributed by atoms with Gasteiger partial charge in [-0.2, -0.15) is 0 Å². The van der Waals surface area contributed by atoms with Crippen molar-refractivity contribution in [2.75, 3.05) is 18.0 Å². The highest BCUT2D eigenvalue weighted by molar-refractivity contribution is 7.92. The number of amides is 2. The third kappa shape index (κ3) is 8.31. The van der Waals surface area contributed by atoms with Crippen molar-refractivity contribution in [3.63, 3.8) is 0 Å². The number of halogens is 1. The van der Waals surface area contributed by atoms with Gasteiger partial charge in [0.1, 0.15) is 24.2 Å². The Morgan fingerprint density at radius 1 is 1.05 bits per heavy atom. The quantitative estimate of drug-likeness (QED) is 0.221. The second-order valence-corrected chi connectivity index (χ2v) is 13.1. The van der Waals surface area contributed by atoms with Crippen LogP contribution in [0.2, 0.25) is 0 Å². The van der Waals surface area contributed by atoms with Gasteiger partial charge < -0.3 is 15.0 Å². The average molecular weight is 629 g/mol. The second kappa shape index (κ2) is 13.8. The summed E-state index contributed by atoms with van der Waals surface area (Å²) in [6, 6.07) is 13.9. The number of carbonyl (C=O) groups excluding carboxylic acids is 2. The van der Waals surface area contributed by atoms with Gasteiger partial charge in [-0.3, -0.25) is 24.0 Å². The molecule has 11 nitrogen and oxygen atoms in total. The van der Waals surface area contributed by atoms with Crippen molar-refractivity contribution in [3.05, 3.63) is 93.8 Å². The van der Waals surface area contributed by atoms with E-state index in [-0.39, 0.29) is 29.1 Å². The van der Waals surface area contributed by atoms with Crippen molar-refractivity contribution in [2.24, 2.45) is 0 Å². The molecular weight excluding hydrogens is 591 g/mol. The number of nitro groups is 1. The van der Waals surface area contributed by atoms with Crippen molar-refractivity contribution in [1.29, 1.82) is 0 Å². The first-order valence-electron chi connectivity index (χ1n) is 13.8. The van der Waals surface area contributed by atoms with E-state index in [1.54, 1.807) is 27.7 Å². The van der Waals surface area contributed by atoms with Crippen LogP contribution < -0.4 is 14.4 Å². The fraction of sp³-hybridized carbons (Fsp3) is 0.355. The number of aryl methyl sites for hydroxylation is 1. The van der Waals surface area contributed by atoms with E-state index in [2.05, 4.69) is 5.32 Å². The van der Waals surface area contributed by atoms with Crippen LogP contribution in [0.25, 0.3) is 0 Å². The maximum atomic E-state index is 14.1. The maximum absolute atomic E-state index is 14.1. The molecular formula is C31H37FN4O7S. The van der Waals surface area contributed by atoms with Gasteiger partial charge in [-0.25, -0.2) is 12.8 Å². The van der Waals surface area contributed by atoms with Crippen LogP contribution in [0, 0.1) is 22.9 Å². The van der Waals surface area contributed by atoms with E-state index in [1.807, 2.05) is 0 Å². The summed E-state index contributed by atoms with van der Waals surface area (Å²) in [6.45, 7) is 7.74. The van der Waals surface area contributed by atoms with Crippen LogP contribution in [0.1, 0.15) is 45.2 Å². The van der Waals surface area contributed by atoms with Gasteiger partial charge in [0.15, 0.2) is 0 Å². The van der Waals surface area contributed by atoms with Gasteiger partial charge in [0.05, 0.1) is 22.6 Å². The predicted octanol–water partition coefficient (Wildman–Crippen LogP) is 4.97. The first-order chi connectivity index (χ1) is 20.6. The summed E-state index contributed by atoms with van der Waals surface area (Å²) in [4.78, 5) is 39.3. The third-order valence-electron chi connectivity index (χ3n) is 6.75. The molecule has 0 aliphatic carbocycles. The summed E-state index contributed by atoms with van der Waals surface area (Å²) >= 11 is 0. The molecule has 1 unspecified atom stereocenters. The Balaban J connectivity index is 2.13. The Kier molecular flexibility index (Phi) is 10.7. The van der Waals surface area contributed by atoms with Crippen LogP contribution in [-0.4, -0.2) is 55.3 Å². The smallest absolute Gasteiger partial charge is 0.273 e. The molecule has 0 aliphatic rings. The first-order valence-corrected chi connectivity index (χ1v) is 15.3. The lowest BCUT2D eigenvalue weighted by molar-refractivity contribution is -0.385. The number of nitrogens with zero attached hydrogens (tertiary/aromatic N) is 3. The molecule has 3 rings (SSSR count). The summed E-state index contributed by atoms with van der Waals surface area (Å²) < 4.78 is 47.8. The van der Waals surface area contributed by atoms with Gasteiger partial charge in [0.25, 0.3) is 15.7 Å². The molecule has 3 aromatic carbocycles. The molecule has 0 saturated heterocycles. The summed E-state index contributed by atoms with van der Waals surface area (Å²) in [5.41, 5.74) is -0.128. The Labute approximate surface area is 256 Å². The monoisotopic (exact) mass is 628 g/mol. The maximum Gasteiger partial charge on any atom is 0.273 e. The molecule has 0 fully saturated rings. The van der Waals surface area contributed by atoms with Crippen molar-refractivity contribution >= 4 is 33.2 Å². The molecule has 0 aromatic heterocycles. The molecule has 0 heterocycles. The summed E-state index contributed by atoms with van der Waals surface area (Å²) in [6.07, 6.45) is 0.203. The molecule has 13 heteroatoms. The van der Waals surface area contributed by atoms with E-state index in [0.717, 1.165) is 10.4 Å². The minimum atomic E-state index is -4.54. The average Bonchev–Trinajstić information content (AvgIpc) is 2.95. The highest BCUT2D eigenvalue weighted by Crippen LogP contribution is 2.29. The summed E-state index contributed by atoms with van der Waals surface area (Å²) in [5.74, 6) is -1.20. The fourth-order valence-electron chi connectivity index (χ4n) is 4.51. The van der Waals surface area contributed by atoms with Crippen LogP contribution in [0.5, 0.6) is 5.75 Å². The number of ether oxygens (including phenoxy) is 1. The van der Waals surface area contributed by atoms with Crippen LogP contribution >= 0.6 is 0 Å². The van der Waals surface area contributed by atoms with Crippen molar-refractivity contribution < 1.29 is 32.1 Å². The second-order valence-electron chi connectivity index (χ2n) is 11.2. The Morgan fingerprint density at radius 2 is 1.66 bits per heavy atom. The third-order valence-corrected chi connectivity index (χ3v) is 8.52. The minimum absolute atomic E-state index is 0.0938. The number of sulfonamides is 1. The highest BCUT2D eigenvalue weighted by atomic mass is 32.2. The van der Waals surface area contributed by atoms with E-state index in [0.29, 0.717) is 11.3 Å². The largest absolute Gasteiger partial charge is 0.497 e. The zero-order valence-corrected chi connectivity index (χ0v) is 26.4. The van der Waals surface area contributed by atoms with Gasteiger partial charge in [-0.05, 0) is 82.1 Å².